The van der Waals surface area contributed by atoms with Crippen molar-refractivity contribution >= 4 is 21.4 Å². The predicted molar refractivity (Wildman–Crippen MR) is 118 cm³/mol. The van der Waals surface area contributed by atoms with E-state index in [2.05, 4.69) is 21.9 Å². The lowest BCUT2D eigenvalue weighted by Crippen LogP contribution is -2.47. The van der Waals surface area contributed by atoms with Crippen LogP contribution in [-0.2, 0) is 16.4 Å². The van der Waals surface area contributed by atoms with E-state index in [1.807, 2.05) is 36.4 Å². The summed E-state index contributed by atoms with van der Waals surface area (Å²) < 4.78 is 32.5. The Morgan fingerprint density at radius 3 is 2.38 bits per heavy atom. The molecule has 7 heteroatoms. The van der Waals surface area contributed by atoms with E-state index in [0.717, 1.165) is 56.1 Å². The Bertz CT molecular complexity index is 923. The Labute approximate surface area is 173 Å². The molecule has 2 aromatic rings. The van der Waals surface area contributed by atoms with Crippen molar-refractivity contribution in [1.82, 2.24) is 4.90 Å². The molecule has 0 N–H and O–H groups in total. The number of fused-ring (bicyclic) bond motifs is 1. The van der Waals surface area contributed by atoms with Crippen molar-refractivity contribution < 1.29 is 13.2 Å². The third-order valence-electron chi connectivity index (χ3n) is 5.87. The third-order valence-corrected chi connectivity index (χ3v) is 7.72. The monoisotopic (exact) mass is 415 g/mol. The van der Waals surface area contributed by atoms with E-state index in [1.165, 1.54) is 5.69 Å². The molecule has 1 fully saturated rings. The van der Waals surface area contributed by atoms with E-state index in [9.17, 15) is 8.42 Å². The van der Waals surface area contributed by atoms with Crippen molar-refractivity contribution in [2.45, 2.75) is 12.8 Å². The molecule has 0 radical (unpaired) electrons. The van der Waals surface area contributed by atoms with Crippen LogP contribution in [0.4, 0.5) is 11.4 Å². The van der Waals surface area contributed by atoms with E-state index in [0.29, 0.717) is 13.0 Å². The molecule has 0 amide bonds. The van der Waals surface area contributed by atoms with Gasteiger partial charge in [0.15, 0.2) is 0 Å². The normalized spacial score (nSPS) is 17.4. The first kappa shape index (κ1) is 20.0. The van der Waals surface area contributed by atoms with Crippen LogP contribution in [0.1, 0.15) is 12.0 Å². The first-order valence-corrected chi connectivity index (χ1v) is 11.9. The average Bonchev–Trinajstić information content (AvgIpc) is 3.19. The minimum atomic E-state index is -3.25. The molecular weight excluding hydrogens is 386 g/mol. The summed E-state index contributed by atoms with van der Waals surface area (Å²) in [7, 11) is -1.57. The van der Waals surface area contributed by atoms with Gasteiger partial charge in [0.1, 0.15) is 5.75 Å². The molecule has 0 aliphatic carbocycles. The van der Waals surface area contributed by atoms with Gasteiger partial charge in [-0.05, 0) is 55.3 Å². The molecule has 0 saturated carbocycles. The molecule has 2 aromatic carbocycles. The van der Waals surface area contributed by atoms with Gasteiger partial charge in [-0.1, -0.05) is 18.2 Å². The minimum Gasteiger partial charge on any atom is -0.497 e. The highest BCUT2D eigenvalue weighted by Crippen LogP contribution is 2.30. The van der Waals surface area contributed by atoms with Crippen molar-refractivity contribution in [2.75, 3.05) is 61.3 Å². The Balaban J connectivity index is 1.24. The second-order valence-corrected chi connectivity index (χ2v) is 9.66. The van der Waals surface area contributed by atoms with Crippen LogP contribution in [0, 0.1) is 0 Å². The molecule has 0 aromatic heterocycles. The van der Waals surface area contributed by atoms with Crippen LogP contribution in [-0.4, -0.2) is 65.4 Å². The number of benzene rings is 2. The third kappa shape index (κ3) is 4.51. The first-order valence-electron chi connectivity index (χ1n) is 10.3. The lowest BCUT2D eigenvalue weighted by Gasteiger charge is -2.36. The summed E-state index contributed by atoms with van der Waals surface area (Å²) in [5, 5.41) is 0. The number of nitrogens with zero attached hydrogens (tertiary/aromatic N) is 3. The molecule has 156 valence electrons. The number of anilines is 2. The summed E-state index contributed by atoms with van der Waals surface area (Å²) in [5.41, 5.74) is 3.20. The molecule has 29 heavy (non-hydrogen) atoms. The second kappa shape index (κ2) is 8.63. The highest BCUT2D eigenvalue weighted by Gasteiger charge is 2.29. The van der Waals surface area contributed by atoms with E-state index in [4.69, 9.17) is 4.74 Å². The number of rotatable bonds is 7. The largest absolute Gasteiger partial charge is 0.497 e. The van der Waals surface area contributed by atoms with Crippen LogP contribution >= 0.6 is 0 Å². The van der Waals surface area contributed by atoms with Gasteiger partial charge in [-0.25, -0.2) is 8.42 Å². The van der Waals surface area contributed by atoms with Crippen LogP contribution in [0.25, 0.3) is 0 Å². The molecular formula is C22H29N3O3S. The van der Waals surface area contributed by atoms with Gasteiger partial charge in [0, 0.05) is 38.4 Å². The Morgan fingerprint density at radius 2 is 1.66 bits per heavy atom. The number of ether oxygens (including phenoxy) is 1. The Kier molecular flexibility index (Phi) is 5.96. The van der Waals surface area contributed by atoms with Crippen LogP contribution in [0.15, 0.2) is 48.5 Å². The SMILES string of the molecule is COc1ccc(N2CCN(CCCS(=O)(=O)N3CCc4ccccc43)CC2)cc1. The van der Waals surface area contributed by atoms with E-state index in [-0.39, 0.29) is 5.75 Å². The maximum Gasteiger partial charge on any atom is 0.235 e. The first-order chi connectivity index (χ1) is 14.1. The van der Waals surface area contributed by atoms with Crippen molar-refractivity contribution in [1.29, 1.82) is 0 Å². The van der Waals surface area contributed by atoms with E-state index in [1.54, 1.807) is 11.4 Å². The molecule has 1 saturated heterocycles. The van der Waals surface area contributed by atoms with E-state index < -0.39 is 10.0 Å². The molecule has 2 heterocycles. The number of methoxy groups -OCH3 is 1. The molecule has 2 aliphatic rings. The van der Waals surface area contributed by atoms with Crippen LogP contribution in [0.3, 0.4) is 0 Å². The minimum absolute atomic E-state index is 0.208. The lowest BCUT2D eigenvalue weighted by molar-refractivity contribution is 0.259. The molecule has 4 rings (SSSR count). The summed E-state index contributed by atoms with van der Waals surface area (Å²) >= 11 is 0. The molecule has 2 aliphatic heterocycles. The van der Waals surface area contributed by atoms with Crippen LogP contribution in [0.2, 0.25) is 0 Å². The lowest BCUT2D eigenvalue weighted by atomic mass is 10.2. The maximum absolute atomic E-state index is 12.8. The smallest absolute Gasteiger partial charge is 0.235 e. The predicted octanol–water partition coefficient (Wildman–Crippen LogP) is 2.60. The summed E-state index contributed by atoms with van der Waals surface area (Å²) in [6.45, 7) is 5.22. The van der Waals surface area contributed by atoms with Crippen molar-refractivity contribution in [3.05, 3.63) is 54.1 Å². The standard InChI is InChI=1S/C22H29N3O3S/c1-28-21-9-7-20(8-10-21)24-16-14-23(15-17-24)12-4-18-29(26,27)25-13-11-19-5-2-3-6-22(19)25/h2-3,5-10H,4,11-18H2,1H3. The van der Waals surface area contributed by atoms with E-state index >= 15 is 0 Å². The summed E-state index contributed by atoms with van der Waals surface area (Å²) in [6, 6.07) is 16.0. The summed E-state index contributed by atoms with van der Waals surface area (Å²) in [6.07, 6.45) is 1.48. The van der Waals surface area contributed by atoms with Gasteiger partial charge < -0.3 is 9.64 Å². The highest BCUT2D eigenvalue weighted by atomic mass is 32.2. The van der Waals surface area contributed by atoms with Gasteiger partial charge in [-0.3, -0.25) is 9.21 Å². The molecule has 0 spiro atoms. The zero-order valence-electron chi connectivity index (χ0n) is 17.0. The van der Waals surface area contributed by atoms with Crippen molar-refractivity contribution in [3.8, 4) is 5.75 Å². The molecule has 0 bridgehead atoms. The number of para-hydroxylation sites is 1. The molecule has 6 nitrogen and oxygen atoms in total. The van der Waals surface area contributed by atoms with Crippen molar-refractivity contribution in [2.24, 2.45) is 0 Å². The summed E-state index contributed by atoms with van der Waals surface area (Å²) in [4.78, 5) is 4.74. The zero-order valence-corrected chi connectivity index (χ0v) is 17.8. The summed E-state index contributed by atoms with van der Waals surface area (Å²) in [5.74, 6) is 1.08. The van der Waals surface area contributed by atoms with Crippen molar-refractivity contribution in [3.63, 3.8) is 0 Å². The number of hydrogen-bond acceptors (Lipinski definition) is 5. The van der Waals surface area contributed by atoms with Gasteiger partial charge in [-0.2, -0.15) is 0 Å². The number of hydrogen-bond donors (Lipinski definition) is 0. The van der Waals surface area contributed by atoms with Crippen LogP contribution in [0.5, 0.6) is 5.75 Å². The second-order valence-electron chi connectivity index (χ2n) is 7.65. The van der Waals surface area contributed by atoms with Gasteiger partial charge in [0.25, 0.3) is 0 Å². The fourth-order valence-electron chi connectivity index (χ4n) is 4.20. The number of sulfonamides is 1. The van der Waals surface area contributed by atoms with Gasteiger partial charge >= 0.3 is 0 Å². The fourth-order valence-corrected chi connectivity index (χ4v) is 5.76. The van der Waals surface area contributed by atoms with Gasteiger partial charge in [-0.15, -0.1) is 0 Å². The molecule has 0 atom stereocenters. The maximum atomic E-state index is 12.8. The van der Waals surface area contributed by atoms with Crippen LogP contribution < -0.4 is 13.9 Å². The topological polar surface area (TPSA) is 53.1 Å². The van der Waals surface area contributed by atoms with Gasteiger partial charge in [0.05, 0.1) is 18.6 Å². The highest BCUT2D eigenvalue weighted by molar-refractivity contribution is 7.92. The van der Waals surface area contributed by atoms with Gasteiger partial charge in [0.2, 0.25) is 10.0 Å². The number of piperazine rings is 1. The zero-order chi connectivity index (χ0) is 20.3. The average molecular weight is 416 g/mol. The molecule has 0 unspecified atom stereocenters. The quantitative estimate of drug-likeness (QED) is 0.696. The fraction of sp³-hybridized carbons (Fsp3) is 0.455. The Hall–Kier alpha value is -2.25. The Morgan fingerprint density at radius 1 is 0.931 bits per heavy atom.